The van der Waals surface area contributed by atoms with Crippen LogP contribution in [-0.4, -0.2) is 11.0 Å². The molecule has 0 saturated heterocycles. The number of nitrogens with two attached hydrogens (primary N) is 1. The van der Waals surface area contributed by atoms with Crippen molar-refractivity contribution in [2.45, 2.75) is 32.0 Å². The molecule has 0 amide bonds. The van der Waals surface area contributed by atoms with Crippen LogP contribution in [0.1, 0.15) is 23.9 Å². The fourth-order valence-corrected chi connectivity index (χ4v) is 2.66. The third-order valence-electron chi connectivity index (χ3n) is 3.00. The molecule has 1 aromatic heterocycles. The predicted molar refractivity (Wildman–Crippen MR) is 74.5 cm³/mol. The van der Waals surface area contributed by atoms with E-state index in [1.807, 2.05) is 6.92 Å². The van der Waals surface area contributed by atoms with Crippen molar-refractivity contribution in [3.63, 3.8) is 0 Å². The predicted octanol–water partition coefficient (Wildman–Crippen LogP) is 4.11. The summed E-state index contributed by atoms with van der Waals surface area (Å²) in [5, 5.41) is 2.62. The van der Waals surface area contributed by atoms with Crippen molar-refractivity contribution in [2.24, 2.45) is 5.73 Å². The van der Waals surface area contributed by atoms with Crippen molar-refractivity contribution in [1.82, 2.24) is 4.98 Å². The fraction of sp³-hybridized carbons (Fsp3) is 0.357. The molecule has 20 heavy (non-hydrogen) atoms. The van der Waals surface area contributed by atoms with Crippen molar-refractivity contribution in [1.29, 1.82) is 0 Å². The minimum Gasteiger partial charge on any atom is -0.327 e. The smallest absolute Gasteiger partial charge is 0.327 e. The fourth-order valence-electron chi connectivity index (χ4n) is 1.76. The number of halogens is 3. The molecule has 2 N–H and O–H groups in total. The molecule has 0 bridgehead atoms. The van der Waals surface area contributed by atoms with Gasteiger partial charge in [0.05, 0.1) is 16.3 Å². The summed E-state index contributed by atoms with van der Waals surface area (Å²) in [5.74, 6) is 0. The second-order valence-corrected chi connectivity index (χ2v) is 5.52. The van der Waals surface area contributed by atoms with Crippen LogP contribution in [0.3, 0.4) is 0 Å². The summed E-state index contributed by atoms with van der Waals surface area (Å²) in [5.41, 5.74) is 6.24. The van der Waals surface area contributed by atoms with E-state index in [2.05, 4.69) is 4.98 Å². The molecule has 0 aliphatic rings. The number of rotatable bonds is 4. The number of hydrogen-bond donors (Lipinski definition) is 1. The maximum atomic E-state index is 12.7. The first kappa shape index (κ1) is 15.0. The summed E-state index contributed by atoms with van der Waals surface area (Å²) >= 11 is 1.43. The molecule has 0 aliphatic carbocycles. The molecule has 108 valence electrons. The van der Waals surface area contributed by atoms with Crippen molar-refractivity contribution in [2.75, 3.05) is 0 Å². The third-order valence-corrected chi connectivity index (χ3v) is 3.87. The lowest BCUT2D eigenvalue weighted by molar-refractivity contribution is -0.137. The average Bonchev–Trinajstić information content (AvgIpc) is 2.86. The second-order valence-electron chi connectivity index (χ2n) is 4.58. The molecule has 2 aromatic rings. The van der Waals surface area contributed by atoms with E-state index in [1.165, 1.54) is 17.4 Å². The molecule has 2 rings (SSSR count). The highest BCUT2D eigenvalue weighted by Crippen LogP contribution is 2.32. The van der Waals surface area contributed by atoms with E-state index in [0.717, 1.165) is 23.6 Å². The Hall–Kier alpha value is -1.40. The Labute approximate surface area is 119 Å². The molecule has 0 aliphatic heterocycles. The number of nitrogens with zero attached hydrogens (tertiary/aromatic N) is 1. The molecular weight excluding hydrogens is 285 g/mol. The van der Waals surface area contributed by atoms with E-state index in [0.29, 0.717) is 17.7 Å². The summed E-state index contributed by atoms with van der Waals surface area (Å²) in [6.07, 6.45) is -2.84. The second kappa shape index (κ2) is 5.93. The Morgan fingerprint density at radius 2 is 2.10 bits per heavy atom. The maximum absolute atomic E-state index is 12.7. The lowest BCUT2D eigenvalue weighted by Gasteiger charge is -2.07. The number of aromatic nitrogens is 1. The Balaban J connectivity index is 2.24. The lowest BCUT2D eigenvalue weighted by Crippen LogP contribution is -2.21. The largest absolute Gasteiger partial charge is 0.416 e. The van der Waals surface area contributed by atoms with E-state index >= 15 is 0 Å². The van der Waals surface area contributed by atoms with Crippen LogP contribution in [0, 0.1) is 0 Å². The van der Waals surface area contributed by atoms with Gasteiger partial charge in [0.1, 0.15) is 0 Å². The van der Waals surface area contributed by atoms with Crippen LogP contribution in [0.15, 0.2) is 29.6 Å². The highest BCUT2D eigenvalue weighted by atomic mass is 32.1. The molecule has 2 nitrogen and oxygen atoms in total. The zero-order valence-corrected chi connectivity index (χ0v) is 11.8. The zero-order chi connectivity index (χ0) is 14.8. The number of thiazole rings is 1. The van der Waals surface area contributed by atoms with Crippen LogP contribution in [-0.2, 0) is 12.6 Å². The quantitative estimate of drug-likeness (QED) is 0.923. The molecule has 1 aromatic carbocycles. The van der Waals surface area contributed by atoms with E-state index < -0.39 is 11.7 Å². The summed E-state index contributed by atoms with van der Waals surface area (Å²) in [4.78, 5) is 4.36. The molecule has 0 fully saturated rings. The summed E-state index contributed by atoms with van der Waals surface area (Å²) in [6.45, 7) is 1.99. The van der Waals surface area contributed by atoms with Gasteiger partial charge in [-0.05, 0) is 18.6 Å². The van der Waals surface area contributed by atoms with Crippen molar-refractivity contribution in [3.8, 4) is 11.3 Å². The minimum atomic E-state index is -4.33. The lowest BCUT2D eigenvalue weighted by atomic mass is 10.1. The average molecular weight is 300 g/mol. The van der Waals surface area contributed by atoms with Crippen LogP contribution < -0.4 is 5.73 Å². The van der Waals surface area contributed by atoms with Crippen LogP contribution in [0.25, 0.3) is 11.3 Å². The highest BCUT2D eigenvalue weighted by Gasteiger charge is 2.30. The normalized spacial score (nSPS) is 13.4. The van der Waals surface area contributed by atoms with Gasteiger partial charge >= 0.3 is 6.18 Å². The van der Waals surface area contributed by atoms with Crippen LogP contribution in [0.5, 0.6) is 0 Å². The molecule has 1 atom stereocenters. The van der Waals surface area contributed by atoms with Crippen LogP contribution in [0.2, 0.25) is 0 Å². The third kappa shape index (κ3) is 3.58. The summed E-state index contributed by atoms with van der Waals surface area (Å²) in [6, 6.07) is 5.25. The van der Waals surface area contributed by atoms with Crippen molar-refractivity contribution < 1.29 is 13.2 Å². The van der Waals surface area contributed by atoms with E-state index in [9.17, 15) is 13.2 Å². The standard InChI is InChI=1S/C14H15F3N2S/c1-2-11(18)7-13-19-12(8-20-13)9-4-3-5-10(6-9)14(15,16)17/h3-6,8,11H,2,7,18H2,1H3. The van der Waals surface area contributed by atoms with Crippen LogP contribution in [0.4, 0.5) is 13.2 Å². The monoisotopic (exact) mass is 300 g/mol. The minimum absolute atomic E-state index is 0.0375. The van der Waals surface area contributed by atoms with Gasteiger partial charge in [0.15, 0.2) is 0 Å². The summed E-state index contributed by atoms with van der Waals surface area (Å²) in [7, 11) is 0. The molecule has 1 heterocycles. The molecular formula is C14H15F3N2S. The molecule has 1 unspecified atom stereocenters. The van der Waals surface area contributed by atoms with Gasteiger partial charge in [-0.1, -0.05) is 19.1 Å². The SMILES string of the molecule is CCC(N)Cc1nc(-c2cccc(C(F)(F)F)c2)cs1. The Kier molecular flexibility index (Phi) is 4.45. The Morgan fingerprint density at radius 3 is 2.75 bits per heavy atom. The van der Waals surface area contributed by atoms with Gasteiger partial charge in [-0.2, -0.15) is 13.2 Å². The molecule has 6 heteroatoms. The van der Waals surface area contributed by atoms with Crippen LogP contribution >= 0.6 is 11.3 Å². The number of alkyl halides is 3. The summed E-state index contributed by atoms with van der Waals surface area (Å²) < 4.78 is 38.0. The first-order valence-corrected chi connectivity index (χ1v) is 7.15. The Bertz CT molecular complexity index is 578. The number of benzene rings is 1. The van der Waals surface area contributed by atoms with Gasteiger partial charge in [-0.25, -0.2) is 4.98 Å². The first-order valence-electron chi connectivity index (χ1n) is 6.27. The molecule has 0 radical (unpaired) electrons. The van der Waals surface area contributed by atoms with Gasteiger partial charge < -0.3 is 5.73 Å². The Morgan fingerprint density at radius 1 is 1.35 bits per heavy atom. The van der Waals surface area contributed by atoms with Gasteiger partial charge in [0, 0.05) is 23.4 Å². The van der Waals surface area contributed by atoms with Crippen molar-refractivity contribution in [3.05, 3.63) is 40.2 Å². The van der Waals surface area contributed by atoms with E-state index in [-0.39, 0.29) is 6.04 Å². The number of hydrogen-bond acceptors (Lipinski definition) is 3. The zero-order valence-electron chi connectivity index (χ0n) is 10.9. The van der Waals surface area contributed by atoms with Gasteiger partial charge in [-0.15, -0.1) is 11.3 Å². The van der Waals surface area contributed by atoms with Gasteiger partial charge in [0.2, 0.25) is 0 Å². The van der Waals surface area contributed by atoms with Crippen molar-refractivity contribution >= 4 is 11.3 Å². The van der Waals surface area contributed by atoms with Gasteiger partial charge in [0.25, 0.3) is 0 Å². The molecule has 0 spiro atoms. The molecule has 0 saturated carbocycles. The topological polar surface area (TPSA) is 38.9 Å². The first-order chi connectivity index (χ1) is 9.40. The maximum Gasteiger partial charge on any atom is 0.416 e. The van der Waals surface area contributed by atoms with Gasteiger partial charge in [-0.3, -0.25) is 0 Å². The highest BCUT2D eigenvalue weighted by molar-refractivity contribution is 7.09. The van der Waals surface area contributed by atoms with E-state index in [4.69, 9.17) is 5.73 Å². The van der Waals surface area contributed by atoms with E-state index in [1.54, 1.807) is 11.4 Å².